The van der Waals surface area contributed by atoms with Gasteiger partial charge in [-0.3, -0.25) is 9.59 Å². The van der Waals surface area contributed by atoms with Crippen LogP contribution in [0.4, 0.5) is 5.69 Å². The summed E-state index contributed by atoms with van der Waals surface area (Å²) in [5.74, 6) is -0.443. The second-order valence-electron chi connectivity index (χ2n) is 5.73. The first-order chi connectivity index (χ1) is 12.6. The number of benzene rings is 2. The van der Waals surface area contributed by atoms with Crippen molar-refractivity contribution in [2.75, 3.05) is 5.32 Å². The van der Waals surface area contributed by atoms with Gasteiger partial charge in [0.05, 0.1) is 12.1 Å². The van der Waals surface area contributed by atoms with E-state index in [4.69, 9.17) is 4.74 Å². The summed E-state index contributed by atoms with van der Waals surface area (Å²) in [7, 11) is 0. The standard InChI is InChI=1S/C20H18N2O3S/c1-14(23)21-17-9-7-15(8-10-17)11-19(24)25-12-18-13-26-20(22-18)16-5-3-2-4-6-16/h2-10,13H,11-12H2,1H3,(H,21,23). The third-order valence-electron chi connectivity index (χ3n) is 3.58. The van der Waals surface area contributed by atoms with E-state index in [1.54, 1.807) is 24.3 Å². The molecule has 0 aliphatic rings. The normalized spacial score (nSPS) is 10.3. The molecule has 26 heavy (non-hydrogen) atoms. The summed E-state index contributed by atoms with van der Waals surface area (Å²) < 4.78 is 5.31. The molecular weight excluding hydrogens is 348 g/mol. The molecule has 0 bridgehead atoms. The fraction of sp³-hybridized carbons (Fsp3) is 0.150. The highest BCUT2D eigenvalue weighted by atomic mass is 32.1. The Labute approximate surface area is 155 Å². The molecule has 1 heterocycles. The molecule has 3 aromatic rings. The fourth-order valence-corrected chi connectivity index (χ4v) is 3.18. The number of thiazole rings is 1. The van der Waals surface area contributed by atoms with Crippen LogP contribution < -0.4 is 5.32 Å². The zero-order valence-electron chi connectivity index (χ0n) is 14.3. The van der Waals surface area contributed by atoms with E-state index >= 15 is 0 Å². The lowest BCUT2D eigenvalue weighted by molar-refractivity contribution is -0.144. The van der Waals surface area contributed by atoms with Crippen LogP contribution in [0.1, 0.15) is 18.2 Å². The number of ether oxygens (including phenoxy) is 1. The Morgan fingerprint density at radius 2 is 1.81 bits per heavy atom. The highest BCUT2D eigenvalue weighted by Crippen LogP contribution is 2.23. The molecule has 0 aliphatic carbocycles. The number of carbonyl (C=O) groups is 2. The van der Waals surface area contributed by atoms with Crippen LogP contribution in [0, 0.1) is 0 Å². The van der Waals surface area contributed by atoms with Crippen LogP contribution in [0.2, 0.25) is 0 Å². The van der Waals surface area contributed by atoms with Crippen LogP contribution in [0.5, 0.6) is 0 Å². The first kappa shape index (κ1) is 17.8. The number of hydrogen-bond acceptors (Lipinski definition) is 5. The van der Waals surface area contributed by atoms with Crippen molar-refractivity contribution in [3.05, 3.63) is 71.2 Å². The molecule has 0 unspecified atom stereocenters. The molecule has 0 saturated heterocycles. The van der Waals surface area contributed by atoms with E-state index in [1.165, 1.54) is 18.3 Å². The molecule has 0 saturated carbocycles. The molecule has 0 atom stereocenters. The Hall–Kier alpha value is -2.99. The number of carbonyl (C=O) groups excluding carboxylic acids is 2. The molecular formula is C20H18N2O3S. The molecule has 5 nitrogen and oxygen atoms in total. The maximum absolute atomic E-state index is 12.0. The predicted molar refractivity (Wildman–Crippen MR) is 102 cm³/mol. The van der Waals surface area contributed by atoms with E-state index < -0.39 is 0 Å². The zero-order chi connectivity index (χ0) is 18.4. The Bertz CT molecular complexity index is 889. The lowest BCUT2D eigenvalue weighted by atomic mass is 10.1. The third kappa shape index (κ3) is 5.00. The average molecular weight is 366 g/mol. The van der Waals surface area contributed by atoms with Gasteiger partial charge in [-0.1, -0.05) is 42.5 Å². The van der Waals surface area contributed by atoms with Crippen LogP contribution in [0.25, 0.3) is 10.6 Å². The Balaban J connectivity index is 1.51. The van der Waals surface area contributed by atoms with Crippen molar-refractivity contribution in [1.29, 1.82) is 0 Å². The topological polar surface area (TPSA) is 68.3 Å². The van der Waals surface area contributed by atoms with Crippen molar-refractivity contribution < 1.29 is 14.3 Å². The van der Waals surface area contributed by atoms with Crippen molar-refractivity contribution >= 4 is 28.9 Å². The maximum Gasteiger partial charge on any atom is 0.310 e. The summed E-state index contributed by atoms with van der Waals surface area (Å²) in [5, 5.41) is 5.49. The number of amides is 1. The molecule has 0 fully saturated rings. The van der Waals surface area contributed by atoms with Crippen LogP contribution in [-0.2, 0) is 27.4 Å². The summed E-state index contributed by atoms with van der Waals surface area (Å²) in [5.41, 5.74) is 3.32. The number of aromatic nitrogens is 1. The molecule has 6 heteroatoms. The van der Waals surface area contributed by atoms with Crippen molar-refractivity contribution in [1.82, 2.24) is 4.98 Å². The molecule has 2 aromatic carbocycles. The smallest absolute Gasteiger partial charge is 0.310 e. The summed E-state index contributed by atoms with van der Waals surface area (Å²) >= 11 is 1.53. The number of rotatable bonds is 6. The summed E-state index contributed by atoms with van der Waals surface area (Å²) in [4.78, 5) is 27.5. The molecule has 1 amide bonds. The SMILES string of the molecule is CC(=O)Nc1ccc(CC(=O)OCc2csc(-c3ccccc3)n2)cc1. The van der Waals surface area contributed by atoms with Gasteiger partial charge in [0.15, 0.2) is 0 Å². The Morgan fingerprint density at radius 1 is 1.08 bits per heavy atom. The lowest BCUT2D eigenvalue weighted by Gasteiger charge is -2.05. The van der Waals surface area contributed by atoms with Crippen molar-refractivity contribution in [2.24, 2.45) is 0 Å². The number of nitrogens with one attached hydrogen (secondary N) is 1. The van der Waals surface area contributed by atoms with Crippen LogP contribution in [0.3, 0.4) is 0 Å². The van der Waals surface area contributed by atoms with Crippen LogP contribution >= 0.6 is 11.3 Å². The highest BCUT2D eigenvalue weighted by Gasteiger charge is 2.09. The van der Waals surface area contributed by atoms with E-state index in [0.29, 0.717) is 5.69 Å². The monoisotopic (exact) mass is 366 g/mol. The summed E-state index contributed by atoms with van der Waals surface area (Å²) in [6, 6.07) is 17.0. The van der Waals surface area contributed by atoms with Gasteiger partial charge < -0.3 is 10.1 Å². The number of nitrogens with zero attached hydrogens (tertiary/aromatic N) is 1. The number of esters is 1. The van der Waals surface area contributed by atoms with Gasteiger partial charge in [-0.15, -0.1) is 11.3 Å². The molecule has 1 N–H and O–H groups in total. The molecule has 0 radical (unpaired) electrons. The van der Waals surface area contributed by atoms with Crippen LogP contribution in [0.15, 0.2) is 60.0 Å². The van der Waals surface area contributed by atoms with Gasteiger partial charge in [-0.25, -0.2) is 4.98 Å². The Kier molecular flexibility index (Phi) is 5.76. The first-order valence-electron chi connectivity index (χ1n) is 8.12. The lowest BCUT2D eigenvalue weighted by Crippen LogP contribution is -2.09. The van der Waals surface area contributed by atoms with Gasteiger partial charge in [-0.2, -0.15) is 0 Å². The highest BCUT2D eigenvalue weighted by molar-refractivity contribution is 7.13. The third-order valence-corrected chi connectivity index (χ3v) is 4.52. The van der Waals surface area contributed by atoms with E-state index in [9.17, 15) is 9.59 Å². The van der Waals surface area contributed by atoms with Crippen LogP contribution in [-0.4, -0.2) is 16.9 Å². The predicted octanol–water partition coefficient (Wildman–Crippen LogP) is 4.05. The minimum atomic E-state index is -0.313. The van der Waals surface area contributed by atoms with Gasteiger partial charge in [0.25, 0.3) is 0 Å². The van der Waals surface area contributed by atoms with E-state index in [1.807, 2.05) is 35.7 Å². The fourth-order valence-electron chi connectivity index (χ4n) is 2.37. The van der Waals surface area contributed by atoms with E-state index in [-0.39, 0.29) is 24.9 Å². The average Bonchev–Trinajstić information content (AvgIpc) is 3.11. The molecule has 0 aliphatic heterocycles. The second-order valence-corrected chi connectivity index (χ2v) is 6.58. The quantitative estimate of drug-likeness (QED) is 0.668. The minimum absolute atomic E-state index is 0.129. The van der Waals surface area contributed by atoms with Gasteiger partial charge in [0, 0.05) is 23.6 Å². The maximum atomic E-state index is 12.0. The van der Waals surface area contributed by atoms with Crippen molar-refractivity contribution in [3.63, 3.8) is 0 Å². The number of anilines is 1. The second kappa shape index (κ2) is 8.40. The van der Waals surface area contributed by atoms with Crippen molar-refractivity contribution in [2.45, 2.75) is 20.0 Å². The van der Waals surface area contributed by atoms with Gasteiger partial charge >= 0.3 is 5.97 Å². The van der Waals surface area contributed by atoms with Gasteiger partial charge in [0.1, 0.15) is 11.6 Å². The minimum Gasteiger partial charge on any atom is -0.459 e. The molecule has 0 spiro atoms. The Morgan fingerprint density at radius 3 is 2.50 bits per heavy atom. The molecule has 3 rings (SSSR count). The van der Waals surface area contributed by atoms with Gasteiger partial charge in [0.2, 0.25) is 5.91 Å². The summed E-state index contributed by atoms with van der Waals surface area (Å²) in [6.45, 7) is 1.61. The van der Waals surface area contributed by atoms with E-state index in [2.05, 4.69) is 10.3 Å². The zero-order valence-corrected chi connectivity index (χ0v) is 15.1. The summed E-state index contributed by atoms with van der Waals surface area (Å²) in [6.07, 6.45) is 0.177. The van der Waals surface area contributed by atoms with Gasteiger partial charge in [-0.05, 0) is 17.7 Å². The molecule has 132 valence electrons. The molecule has 1 aromatic heterocycles. The largest absolute Gasteiger partial charge is 0.459 e. The number of hydrogen-bond donors (Lipinski definition) is 1. The first-order valence-corrected chi connectivity index (χ1v) is 9.00. The van der Waals surface area contributed by atoms with Crippen molar-refractivity contribution in [3.8, 4) is 10.6 Å². The van der Waals surface area contributed by atoms with E-state index in [0.717, 1.165) is 21.8 Å².